The standard InChI is InChI=1S/C13H7F4N3S/c1-5-2-3-18-12-10(5)19-13(21)20(12)11-8(16)6(14)4-7(15)9(11)17/h2-4H,1H3,(H,19,21). The zero-order valence-corrected chi connectivity index (χ0v) is 11.4. The van der Waals surface area contributed by atoms with Crippen LogP contribution in [0.4, 0.5) is 17.6 Å². The molecule has 0 unspecified atom stereocenters. The number of hydrogen-bond donors (Lipinski definition) is 1. The molecule has 0 aliphatic rings. The maximum absolute atomic E-state index is 13.9. The zero-order chi connectivity index (χ0) is 15.3. The molecule has 3 aromatic rings. The summed E-state index contributed by atoms with van der Waals surface area (Å²) in [6.45, 7) is 1.73. The molecule has 0 amide bonds. The van der Waals surface area contributed by atoms with Gasteiger partial charge in [0.2, 0.25) is 0 Å². The number of aromatic amines is 1. The van der Waals surface area contributed by atoms with E-state index >= 15 is 0 Å². The van der Waals surface area contributed by atoms with Crippen LogP contribution in [0.1, 0.15) is 5.56 Å². The molecule has 1 N–H and O–H groups in total. The Labute approximate surface area is 120 Å². The van der Waals surface area contributed by atoms with E-state index < -0.39 is 29.0 Å². The van der Waals surface area contributed by atoms with Gasteiger partial charge in [-0.25, -0.2) is 22.5 Å². The number of H-pyrrole nitrogens is 1. The Morgan fingerprint density at radius 2 is 1.76 bits per heavy atom. The van der Waals surface area contributed by atoms with Crippen molar-refractivity contribution in [1.82, 2.24) is 14.5 Å². The first-order valence-electron chi connectivity index (χ1n) is 5.81. The predicted octanol–water partition coefficient (Wildman–Crippen LogP) is 3.95. The van der Waals surface area contributed by atoms with E-state index in [1.165, 1.54) is 6.20 Å². The molecule has 0 aliphatic heterocycles. The molecule has 8 heteroatoms. The van der Waals surface area contributed by atoms with E-state index in [2.05, 4.69) is 9.97 Å². The summed E-state index contributed by atoms with van der Waals surface area (Å²) < 4.78 is 55.3. The van der Waals surface area contributed by atoms with Crippen LogP contribution in [0.25, 0.3) is 16.9 Å². The number of hydrogen-bond acceptors (Lipinski definition) is 2. The third-order valence-corrected chi connectivity index (χ3v) is 3.38. The monoisotopic (exact) mass is 313 g/mol. The van der Waals surface area contributed by atoms with Gasteiger partial charge < -0.3 is 4.98 Å². The number of aryl methyl sites for hydroxylation is 1. The Hall–Kier alpha value is -2.22. The molecular weight excluding hydrogens is 306 g/mol. The molecule has 0 saturated heterocycles. The number of rotatable bonds is 1. The van der Waals surface area contributed by atoms with Gasteiger partial charge in [0.05, 0.1) is 5.52 Å². The molecule has 21 heavy (non-hydrogen) atoms. The Morgan fingerprint density at radius 3 is 2.38 bits per heavy atom. The van der Waals surface area contributed by atoms with Crippen molar-refractivity contribution in [3.63, 3.8) is 0 Å². The fourth-order valence-electron chi connectivity index (χ4n) is 2.09. The molecule has 0 fully saturated rings. The number of imidazole rings is 1. The predicted molar refractivity (Wildman–Crippen MR) is 70.8 cm³/mol. The van der Waals surface area contributed by atoms with Gasteiger partial charge in [0.1, 0.15) is 5.69 Å². The zero-order valence-electron chi connectivity index (χ0n) is 10.5. The van der Waals surface area contributed by atoms with Crippen molar-refractivity contribution >= 4 is 23.4 Å². The number of aromatic nitrogens is 3. The van der Waals surface area contributed by atoms with E-state index in [1.54, 1.807) is 13.0 Å². The molecule has 0 bridgehead atoms. The summed E-state index contributed by atoms with van der Waals surface area (Å²) in [5, 5.41) is 0. The van der Waals surface area contributed by atoms with Crippen LogP contribution in [0.3, 0.4) is 0 Å². The summed E-state index contributed by atoms with van der Waals surface area (Å²) in [6, 6.07) is 1.81. The van der Waals surface area contributed by atoms with Crippen molar-refractivity contribution in [1.29, 1.82) is 0 Å². The largest absolute Gasteiger partial charge is 0.329 e. The maximum atomic E-state index is 13.9. The van der Waals surface area contributed by atoms with Crippen molar-refractivity contribution in [3.05, 3.63) is 51.9 Å². The molecule has 108 valence electrons. The number of nitrogens with one attached hydrogen (secondary N) is 1. The van der Waals surface area contributed by atoms with E-state index in [1.807, 2.05) is 0 Å². The van der Waals surface area contributed by atoms with Crippen LogP contribution in [-0.2, 0) is 0 Å². The molecule has 0 saturated carbocycles. The minimum absolute atomic E-state index is 0.0859. The van der Waals surface area contributed by atoms with Gasteiger partial charge in [0.15, 0.2) is 33.7 Å². The summed E-state index contributed by atoms with van der Waals surface area (Å²) in [4.78, 5) is 6.69. The Morgan fingerprint density at radius 1 is 1.14 bits per heavy atom. The van der Waals surface area contributed by atoms with Crippen molar-refractivity contribution in [3.8, 4) is 5.69 Å². The summed E-state index contributed by atoms with van der Waals surface area (Å²) in [6.07, 6.45) is 1.41. The number of halogens is 4. The topological polar surface area (TPSA) is 33.6 Å². The highest BCUT2D eigenvalue weighted by atomic mass is 32.1. The van der Waals surface area contributed by atoms with Crippen molar-refractivity contribution in [2.45, 2.75) is 6.92 Å². The highest BCUT2D eigenvalue weighted by Crippen LogP contribution is 2.27. The van der Waals surface area contributed by atoms with E-state index in [9.17, 15) is 17.6 Å². The fraction of sp³-hybridized carbons (Fsp3) is 0.0769. The number of pyridine rings is 1. The van der Waals surface area contributed by atoms with E-state index in [0.29, 0.717) is 5.52 Å². The molecule has 0 spiro atoms. The minimum Gasteiger partial charge on any atom is -0.329 e. The first-order valence-corrected chi connectivity index (χ1v) is 6.22. The molecule has 0 radical (unpaired) electrons. The van der Waals surface area contributed by atoms with Gasteiger partial charge in [-0.05, 0) is 30.8 Å². The second-order valence-electron chi connectivity index (χ2n) is 4.41. The SMILES string of the molecule is Cc1ccnc2c1[nH]c(=S)n2-c1c(F)c(F)cc(F)c1F. The molecular formula is C13H7F4N3S. The van der Waals surface area contributed by atoms with Crippen LogP contribution in [0.15, 0.2) is 18.3 Å². The maximum Gasteiger partial charge on any atom is 0.186 e. The summed E-state index contributed by atoms with van der Waals surface area (Å²) >= 11 is 4.99. The Balaban J connectivity index is 2.50. The normalized spacial score (nSPS) is 11.3. The lowest BCUT2D eigenvalue weighted by molar-refractivity contribution is 0.448. The van der Waals surface area contributed by atoms with Crippen LogP contribution in [-0.4, -0.2) is 14.5 Å². The van der Waals surface area contributed by atoms with Crippen molar-refractivity contribution in [2.75, 3.05) is 0 Å². The van der Waals surface area contributed by atoms with Crippen molar-refractivity contribution in [2.24, 2.45) is 0 Å². The third kappa shape index (κ3) is 1.94. The van der Waals surface area contributed by atoms with Crippen LogP contribution in [0, 0.1) is 35.0 Å². The van der Waals surface area contributed by atoms with Gasteiger partial charge in [-0.1, -0.05) is 0 Å². The molecule has 0 atom stereocenters. The smallest absolute Gasteiger partial charge is 0.186 e. The number of benzene rings is 1. The van der Waals surface area contributed by atoms with Gasteiger partial charge in [-0.2, -0.15) is 0 Å². The number of nitrogens with zero attached hydrogens (tertiary/aromatic N) is 2. The lowest BCUT2D eigenvalue weighted by Crippen LogP contribution is -2.07. The van der Waals surface area contributed by atoms with E-state index in [4.69, 9.17) is 12.2 Å². The summed E-state index contributed by atoms with van der Waals surface area (Å²) in [7, 11) is 0. The average Bonchev–Trinajstić information content (AvgIpc) is 2.76. The fourth-order valence-corrected chi connectivity index (χ4v) is 2.37. The highest BCUT2D eigenvalue weighted by Gasteiger charge is 2.23. The first-order chi connectivity index (χ1) is 9.91. The quantitative estimate of drug-likeness (QED) is 0.419. The van der Waals surface area contributed by atoms with Crippen LogP contribution in [0.5, 0.6) is 0 Å². The molecule has 2 heterocycles. The summed E-state index contributed by atoms with van der Waals surface area (Å²) in [5.41, 5.74) is 0.318. The van der Waals surface area contributed by atoms with Crippen LogP contribution < -0.4 is 0 Å². The summed E-state index contributed by atoms with van der Waals surface area (Å²) in [5.74, 6) is -6.08. The molecule has 3 nitrogen and oxygen atoms in total. The van der Waals surface area contributed by atoms with Crippen LogP contribution >= 0.6 is 12.2 Å². The molecule has 1 aromatic carbocycles. The van der Waals surface area contributed by atoms with Gasteiger partial charge in [0, 0.05) is 12.3 Å². The minimum atomic E-state index is -1.53. The van der Waals surface area contributed by atoms with E-state index in [-0.39, 0.29) is 16.5 Å². The second-order valence-corrected chi connectivity index (χ2v) is 4.80. The van der Waals surface area contributed by atoms with E-state index in [0.717, 1.165) is 10.1 Å². The lowest BCUT2D eigenvalue weighted by Gasteiger charge is -2.08. The molecule has 3 rings (SSSR count). The second kappa shape index (κ2) is 4.66. The highest BCUT2D eigenvalue weighted by molar-refractivity contribution is 7.71. The lowest BCUT2D eigenvalue weighted by atomic mass is 10.2. The number of fused-ring (bicyclic) bond motifs is 1. The Bertz CT molecular complexity index is 903. The average molecular weight is 313 g/mol. The van der Waals surface area contributed by atoms with Gasteiger partial charge in [-0.15, -0.1) is 0 Å². The Kier molecular flexibility index (Phi) is 3.05. The van der Waals surface area contributed by atoms with Gasteiger partial charge in [-0.3, -0.25) is 4.57 Å². The van der Waals surface area contributed by atoms with Crippen molar-refractivity contribution < 1.29 is 17.6 Å². The van der Waals surface area contributed by atoms with Gasteiger partial charge >= 0.3 is 0 Å². The molecule has 0 aliphatic carbocycles. The third-order valence-electron chi connectivity index (χ3n) is 3.10. The molecule has 2 aromatic heterocycles. The van der Waals surface area contributed by atoms with Gasteiger partial charge in [0.25, 0.3) is 0 Å². The first kappa shape index (κ1) is 13.7. The van der Waals surface area contributed by atoms with Crippen LogP contribution in [0.2, 0.25) is 0 Å².